The minimum absolute atomic E-state index is 0.0507. The lowest BCUT2D eigenvalue weighted by atomic mass is 9.78. The topological polar surface area (TPSA) is 64.6 Å². The van der Waals surface area contributed by atoms with Crippen molar-refractivity contribution in [1.82, 2.24) is 5.32 Å². The van der Waals surface area contributed by atoms with Crippen LogP contribution in [0.4, 0.5) is 0 Å². The van der Waals surface area contributed by atoms with Crippen LogP contribution in [0.25, 0.3) is 0 Å². The number of ketones is 2. The number of unbranched alkanes of at least 4 members (excludes halogenated alkanes) is 1. The number of carbonyl (C=O) groups is 2. The van der Waals surface area contributed by atoms with E-state index >= 15 is 0 Å². The lowest BCUT2D eigenvalue weighted by Crippen LogP contribution is -2.63. The lowest BCUT2D eigenvalue weighted by Gasteiger charge is -2.40. The highest BCUT2D eigenvalue weighted by Gasteiger charge is 2.58. The Morgan fingerprint density at radius 2 is 1.32 bits per heavy atom. The Balaban J connectivity index is 3.41. The summed E-state index contributed by atoms with van der Waals surface area (Å²) in [5.74, 6) is -0.442. The quantitative estimate of drug-likeness (QED) is 0.531. The molecule has 1 aliphatic rings. The highest BCUT2D eigenvalue weighted by Crippen LogP contribution is 2.38. The van der Waals surface area contributed by atoms with Crippen LogP contribution in [-0.4, -0.2) is 34.9 Å². The predicted octanol–water partition coefficient (Wildman–Crippen LogP) is 4.93. The van der Waals surface area contributed by atoms with E-state index in [-0.39, 0.29) is 40.7 Å². The Morgan fingerprint density at radius 1 is 0.893 bits per heavy atom. The van der Waals surface area contributed by atoms with Crippen LogP contribution in [-0.2, 0) is 19.1 Å². The van der Waals surface area contributed by atoms with E-state index in [1.54, 1.807) is 0 Å². The molecule has 0 fully saturated rings. The Kier molecular flexibility index (Phi) is 7.91. The van der Waals surface area contributed by atoms with Gasteiger partial charge in [-0.05, 0) is 59.8 Å². The third kappa shape index (κ3) is 6.07. The Labute approximate surface area is 171 Å². The van der Waals surface area contributed by atoms with Crippen LogP contribution in [0, 0.1) is 5.41 Å². The zero-order valence-electron chi connectivity index (χ0n) is 19.6. The van der Waals surface area contributed by atoms with Crippen LogP contribution >= 0.6 is 0 Å². The van der Waals surface area contributed by atoms with Crippen molar-refractivity contribution in [2.24, 2.45) is 5.41 Å². The number of Topliss-reactive ketones (excluding diaryl/α,β-unsaturated/α-hetero) is 2. The first kappa shape index (κ1) is 24.7. The zero-order valence-corrected chi connectivity index (χ0v) is 19.6. The zero-order chi connectivity index (χ0) is 21.9. The molecule has 0 bridgehead atoms. The Bertz CT molecular complexity index is 577. The molecule has 0 aromatic carbocycles. The van der Waals surface area contributed by atoms with Gasteiger partial charge in [0, 0.05) is 5.54 Å². The maximum Gasteiger partial charge on any atom is 0.229 e. The van der Waals surface area contributed by atoms with Gasteiger partial charge in [0.25, 0.3) is 0 Å². The lowest BCUT2D eigenvalue weighted by molar-refractivity contribution is -0.134. The fraction of sp³-hybridized carbons (Fsp3) is 0.826. The van der Waals surface area contributed by atoms with Gasteiger partial charge in [-0.2, -0.15) is 0 Å². The van der Waals surface area contributed by atoms with Crippen molar-refractivity contribution >= 4 is 11.6 Å². The molecule has 0 unspecified atom stereocenters. The molecule has 5 nitrogen and oxygen atoms in total. The second-order valence-corrected chi connectivity index (χ2v) is 10.4. The first-order valence-electron chi connectivity index (χ1n) is 10.6. The minimum atomic E-state index is -1.32. The largest absolute Gasteiger partial charge is 0.484 e. The number of ether oxygens (including phenoxy) is 2. The van der Waals surface area contributed by atoms with Crippen molar-refractivity contribution in [3.8, 4) is 0 Å². The summed E-state index contributed by atoms with van der Waals surface area (Å²) in [6, 6.07) is 0. The molecule has 1 aliphatic carbocycles. The van der Waals surface area contributed by atoms with E-state index in [2.05, 4.69) is 46.9 Å². The first-order valence-corrected chi connectivity index (χ1v) is 10.6. The summed E-state index contributed by atoms with van der Waals surface area (Å²) in [6.07, 6.45) is 2.47. The van der Waals surface area contributed by atoms with Crippen molar-refractivity contribution in [3.05, 3.63) is 11.5 Å². The molecule has 0 aliphatic heterocycles. The van der Waals surface area contributed by atoms with Gasteiger partial charge in [-0.1, -0.05) is 40.5 Å². The summed E-state index contributed by atoms with van der Waals surface area (Å²) < 4.78 is 11.6. The van der Waals surface area contributed by atoms with E-state index in [9.17, 15) is 9.59 Å². The monoisotopic (exact) mass is 395 g/mol. The van der Waals surface area contributed by atoms with Gasteiger partial charge in [-0.15, -0.1) is 0 Å². The van der Waals surface area contributed by atoms with Gasteiger partial charge in [0.1, 0.15) is 0 Å². The summed E-state index contributed by atoms with van der Waals surface area (Å²) >= 11 is 0. The van der Waals surface area contributed by atoms with E-state index in [1.807, 2.05) is 27.7 Å². The number of hydrogen-bond donors (Lipinski definition) is 1. The third-order valence-electron chi connectivity index (χ3n) is 4.53. The molecule has 0 aromatic rings. The van der Waals surface area contributed by atoms with Crippen LogP contribution < -0.4 is 5.32 Å². The second kappa shape index (κ2) is 8.98. The van der Waals surface area contributed by atoms with Gasteiger partial charge in [0.05, 0.1) is 12.2 Å². The van der Waals surface area contributed by atoms with Crippen LogP contribution in [0.2, 0.25) is 0 Å². The standard InChI is InChI=1S/C23H41NO4/c1-11-12-13-23(24-22(9,10)14-21(6,7)8)19(25)17(27-15(2)3)18(20(23)26)28-16(4)5/h15-16,24H,11-14H2,1-10H3. The van der Waals surface area contributed by atoms with Gasteiger partial charge in [-0.3, -0.25) is 14.9 Å². The van der Waals surface area contributed by atoms with Crippen LogP contribution in [0.3, 0.4) is 0 Å². The highest BCUT2D eigenvalue weighted by molar-refractivity contribution is 6.29. The maximum atomic E-state index is 13.6. The molecule has 0 saturated carbocycles. The average molecular weight is 396 g/mol. The van der Waals surface area contributed by atoms with Crippen molar-refractivity contribution in [2.45, 2.75) is 118 Å². The molecule has 1 N–H and O–H groups in total. The molecule has 1 rings (SSSR count). The minimum Gasteiger partial charge on any atom is -0.484 e. The average Bonchev–Trinajstić information content (AvgIpc) is 2.65. The van der Waals surface area contributed by atoms with Crippen molar-refractivity contribution in [1.29, 1.82) is 0 Å². The number of rotatable bonds is 10. The highest BCUT2D eigenvalue weighted by atomic mass is 16.5. The molecule has 28 heavy (non-hydrogen) atoms. The molecule has 0 amide bonds. The van der Waals surface area contributed by atoms with E-state index in [1.165, 1.54) is 0 Å². The normalized spacial score (nSPS) is 17.9. The van der Waals surface area contributed by atoms with Gasteiger partial charge < -0.3 is 9.47 Å². The fourth-order valence-corrected chi connectivity index (χ4v) is 4.18. The summed E-state index contributed by atoms with van der Waals surface area (Å²) in [6.45, 7) is 20.0. The smallest absolute Gasteiger partial charge is 0.229 e. The number of nitrogens with one attached hydrogen (secondary N) is 1. The molecule has 0 saturated heterocycles. The SMILES string of the molecule is CCCCC1(NC(C)(C)CC(C)(C)C)C(=O)C(OC(C)C)=C(OC(C)C)C1=O. The molecule has 162 valence electrons. The molecule has 0 spiro atoms. The predicted molar refractivity (Wildman–Crippen MR) is 113 cm³/mol. The first-order chi connectivity index (χ1) is 12.6. The van der Waals surface area contributed by atoms with Gasteiger partial charge in [0.15, 0.2) is 5.54 Å². The van der Waals surface area contributed by atoms with E-state index in [0.29, 0.717) is 6.42 Å². The van der Waals surface area contributed by atoms with E-state index in [4.69, 9.17) is 9.47 Å². The summed E-state index contributed by atoms with van der Waals surface area (Å²) in [5.41, 5.74) is -1.68. The van der Waals surface area contributed by atoms with Crippen molar-refractivity contribution in [3.63, 3.8) is 0 Å². The molecule has 0 radical (unpaired) electrons. The second-order valence-electron chi connectivity index (χ2n) is 10.4. The Hall–Kier alpha value is -1.36. The van der Waals surface area contributed by atoms with E-state index in [0.717, 1.165) is 19.3 Å². The molecule has 0 heterocycles. The van der Waals surface area contributed by atoms with Crippen LogP contribution in [0.15, 0.2) is 11.5 Å². The Morgan fingerprint density at radius 3 is 1.64 bits per heavy atom. The molecule has 5 heteroatoms. The fourth-order valence-electron chi connectivity index (χ4n) is 4.18. The molecular weight excluding hydrogens is 354 g/mol. The van der Waals surface area contributed by atoms with Gasteiger partial charge in [0.2, 0.25) is 23.1 Å². The van der Waals surface area contributed by atoms with Gasteiger partial charge in [-0.25, -0.2) is 0 Å². The third-order valence-corrected chi connectivity index (χ3v) is 4.53. The van der Waals surface area contributed by atoms with Crippen molar-refractivity contribution in [2.75, 3.05) is 0 Å². The number of hydrogen-bond acceptors (Lipinski definition) is 5. The maximum absolute atomic E-state index is 13.6. The van der Waals surface area contributed by atoms with E-state index < -0.39 is 11.1 Å². The molecule has 0 aromatic heterocycles. The van der Waals surface area contributed by atoms with Crippen LogP contribution in [0.5, 0.6) is 0 Å². The molecule has 0 atom stereocenters. The van der Waals surface area contributed by atoms with Crippen molar-refractivity contribution < 1.29 is 19.1 Å². The summed E-state index contributed by atoms with van der Waals surface area (Å²) in [5, 5.41) is 3.47. The van der Waals surface area contributed by atoms with Crippen LogP contribution in [0.1, 0.15) is 94.9 Å². The summed E-state index contributed by atoms with van der Waals surface area (Å²) in [7, 11) is 0. The summed E-state index contributed by atoms with van der Waals surface area (Å²) in [4.78, 5) is 27.1. The molecular formula is C23H41NO4. The number of carbonyl (C=O) groups excluding carboxylic acids is 2. The van der Waals surface area contributed by atoms with Gasteiger partial charge >= 0.3 is 0 Å².